The number of para-hydroxylation sites is 1. The molecule has 0 bridgehead atoms. The summed E-state index contributed by atoms with van der Waals surface area (Å²) in [6, 6.07) is 14.0. The Morgan fingerprint density at radius 2 is 1.97 bits per heavy atom. The van der Waals surface area contributed by atoms with E-state index in [0.29, 0.717) is 17.1 Å². The number of rotatable bonds is 8. The number of oxime groups is 1. The van der Waals surface area contributed by atoms with Crippen LogP contribution in [0.4, 0.5) is 4.39 Å². The van der Waals surface area contributed by atoms with E-state index in [0.717, 1.165) is 22.8 Å². The van der Waals surface area contributed by atoms with E-state index in [1.54, 1.807) is 31.4 Å². The number of nitrogens with zero attached hydrogens (tertiary/aromatic N) is 3. The van der Waals surface area contributed by atoms with Crippen molar-refractivity contribution >= 4 is 23.2 Å². The third kappa shape index (κ3) is 4.85. The Kier molecular flexibility index (Phi) is 6.69. The number of alkyl halides is 1. The Hall–Kier alpha value is -3.53. The molecule has 0 unspecified atom stereocenters. The molecule has 0 saturated carbocycles. The van der Waals surface area contributed by atoms with Crippen molar-refractivity contribution in [1.29, 1.82) is 0 Å². The lowest BCUT2D eigenvalue weighted by Crippen LogP contribution is -2.29. The van der Waals surface area contributed by atoms with Crippen molar-refractivity contribution in [3.63, 3.8) is 0 Å². The number of aromatic nitrogens is 2. The molecule has 0 radical (unpaired) electrons. The second-order valence-corrected chi connectivity index (χ2v) is 6.18. The topological polar surface area (TPSA) is 94.9 Å². The maximum atomic E-state index is 12.4. The molecule has 150 valence electrons. The third-order valence-electron chi connectivity index (χ3n) is 3.74. The Balaban J connectivity index is 1.87. The standard InChI is InChI=1S/C19H17FN4O4S/c1-21-18(25)16(23-27-11-20)14-5-3-4-6-15(14)28-19-22-17(24-29-19)12-7-9-13(26-2)10-8-12/h3-10H,11H2,1-2H3,(H,21,25)/b23-16-. The van der Waals surface area contributed by atoms with E-state index in [1.165, 1.54) is 7.05 Å². The van der Waals surface area contributed by atoms with Gasteiger partial charge in [0, 0.05) is 24.1 Å². The largest absolute Gasteiger partial charge is 0.497 e. The number of likely N-dealkylation sites (N-methyl/N-ethyl adjacent to an activating group) is 1. The number of halogens is 1. The highest BCUT2D eigenvalue weighted by Crippen LogP contribution is 2.30. The van der Waals surface area contributed by atoms with Gasteiger partial charge in [0.1, 0.15) is 11.5 Å². The minimum Gasteiger partial charge on any atom is -0.497 e. The molecule has 0 aliphatic heterocycles. The predicted octanol–water partition coefficient (Wildman–Crippen LogP) is 3.40. The summed E-state index contributed by atoms with van der Waals surface area (Å²) in [6.45, 7) is -1.16. The lowest BCUT2D eigenvalue weighted by atomic mass is 10.1. The van der Waals surface area contributed by atoms with Gasteiger partial charge in [-0.05, 0) is 36.4 Å². The smallest absolute Gasteiger partial charge is 0.299 e. The summed E-state index contributed by atoms with van der Waals surface area (Å²) >= 11 is 1.06. The molecule has 2 aromatic carbocycles. The zero-order chi connectivity index (χ0) is 20.6. The van der Waals surface area contributed by atoms with Gasteiger partial charge in [-0.1, -0.05) is 17.3 Å². The lowest BCUT2D eigenvalue weighted by Gasteiger charge is -2.10. The molecule has 1 N–H and O–H groups in total. The van der Waals surface area contributed by atoms with Gasteiger partial charge in [-0.3, -0.25) is 4.79 Å². The molecule has 0 aliphatic carbocycles. The number of benzene rings is 2. The molecule has 10 heteroatoms. The number of hydrogen-bond acceptors (Lipinski definition) is 8. The second-order valence-electron chi connectivity index (χ2n) is 5.47. The zero-order valence-corrected chi connectivity index (χ0v) is 16.4. The van der Waals surface area contributed by atoms with Crippen molar-refractivity contribution in [3.8, 4) is 28.1 Å². The molecular formula is C19H17FN4O4S. The van der Waals surface area contributed by atoms with Crippen LogP contribution < -0.4 is 14.8 Å². The van der Waals surface area contributed by atoms with Crippen molar-refractivity contribution in [2.45, 2.75) is 0 Å². The average Bonchev–Trinajstić information content (AvgIpc) is 3.23. The third-order valence-corrected chi connectivity index (χ3v) is 4.34. The number of amides is 1. The Morgan fingerprint density at radius 1 is 1.21 bits per heavy atom. The van der Waals surface area contributed by atoms with Crippen LogP contribution in [0.5, 0.6) is 16.7 Å². The number of carbonyl (C=O) groups excluding carboxylic acids is 1. The molecule has 1 amide bonds. The molecular weight excluding hydrogens is 399 g/mol. The van der Waals surface area contributed by atoms with Crippen LogP contribution in [0.3, 0.4) is 0 Å². The van der Waals surface area contributed by atoms with E-state index >= 15 is 0 Å². The quantitative estimate of drug-likeness (QED) is 0.447. The number of carbonyl (C=O) groups is 1. The number of hydrogen-bond donors (Lipinski definition) is 1. The first-order valence-corrected chi connectivity index (χ1v) is 9.17. The Bertz CT molecular complexity index is 1010. The highest BCUT2D eigenvalue weighted by atomic mass is 32.1. The van der Waals surface area contributed by atoms with Crippen molar-refractivity contribution in [2.75, 3.05) is 21.0 Å². The van der Waals surface area contributed by atoms with E-state index in [-0.39, 0.29) is 10.9 Å². The Labute approximate surface area is 170 Å². The lowest BCUT2D eigenvalue weighted by molar-refractivity contribution is -0.114. The molecule has 29 heavy (non-hydrogen) atoms. The summed E-state index contributed by atoms with van der Waals surface area (Å²) in [7, 11) is 3.02. The Morgan fingerprint density at radius 3 is 2.66 bits per heavy atom. The van der Waals surface area contributed by atoms with Gasteiger partial charge in [-0.15, -0.1) is 0 Å². The van der Waals surface area contributed by atoms with Crippen molar-refractivity contribution in [1.82, 2.24) is 14.7 Å². The summed E-state index contributed by atoms with van der Waals surface area (Å²) in [5, 5.41) is 6.26. The molecule has 0 atom stereocenters. The summed E-state index contributed by atoms with van der Waals surface area (Å²) in [5.41, 5.74) is 0.997. The van der Waals surface area contributed by atoms with Crippen LogP contribution in [0.15, 0.2) is 53.7 Å². The van der Waals surface area contributed by atoms with Gasteiger partial charge < -0.3 is 19.6 Å². The van der Waals surface area contributed by atoms with Gasteiger partial charge in [0.05, 0.1) is 12.7 Å². The van der Waals surface area contributed by atoms with E-state index < -0.39 is 12.8 Å². The number of ether oxygens (including phenoxy) is 2. The number of nitrogens with one attached hydrogen (secondary N) is 1. The van der Waals surface area contributed by atoms with Gasteiger partial charge in [0.2, 0.25) is 0 Å². The zero-order valence-electron chi connectivity index (χ0n) is 15.6. The highest BCUT2D eigenvalue weighted by molar-refractivity contribution is 7.07. The summed E-state index contributed by atoms with van der Waals surface area (Å²) in [4.78, 5) is 20.9. The molecule has 3 aromatic rings. The van der Waals surface area contributed by atoms with E-state index in [1.807, 2.05) is 24.3 Å². The maximum absolute atomic E-state index is 12.4. The van der Waals surface area contributed by atoms with Crippen LogP contribution in [0.25, 0.3) is 11.4 Å². The molecule has 0 fully saturated rings. The van der Waals surface area contributed by atoms with Gasteiger partial charge in [0.25, 0.3) is 18.0 Å². The minimum atomic E-state index is -1.16. The van der Waals surface area contributed by atoms with Crippen LogP contribution in [0, 0.1) is 0 Å². The fourth-order valence-electron chi connectivity index (χ4n) is 2.37. The van der Waals surface area contributed by atoms with Gasteiger partial charge in [-0.25, -0.2) is 4.39 Å². The summed E-state index contributed by atoms with van der Waals surface area (Å²) in [6.07, 6.45) is 0. The van der Waals surface area contributed by atoms with Crippen LogP contribution >= 0.6 is 11.5 Å². The predicted molar refractivity (Wildman–Crippen MR) is 106 cm³/mol. The first-order chi connectivity index (χ1) is 14.2. The van der Waals surface area contributed by atoms with Gasteiger partial charge >= 0.3 is 0 Å². The molecule has 0 saturated heterocycles. The van der Waals surface area contributed by atoms with Crippen molar-refractivity contribution in [2.24, 2.45) is 5.16 Å². The van der Waals surface area contributed by atoms with Gasteiger partial charge in [0.15, 0.2) is 11.5 Å². The molecule has 0 spiro atoms. The van der Waals surface area contributed by atoms with Crippen LogP contribution in [0.1, 0.15) is 5.56 Å². The van der Waals surface area contributed by atoms with Crippen molar-refractivity contribution < 1.29 is 23.5 Å². The van der Waals surface area contributed by atoms with Crippen LogP contribution in [0.2, 0.25) is 0 Å². The van der Waals surface area contributed by atoms with E-state index in [4.69, 9.17) is 9.47 Å². The van der Waals surface area contributed by atoms with E-state index in [2.05, 4.69) is 24.7 Å². The molecule has 1 aromatic heterocycles. The first-order valence-electron chi connectivity index (χ1n) is 8.39. The molecule has 3 rings (SSSR count). The van der Waals surface area contributed by atoms with Crippen LogP contribution in [-0.2, 0) is 9.63 Å². The molecule has 8 nitrogen and oxygen atoms in total. The SMILES string of the molecule is CNC(=O)/C(=N\OCF)c1ccccc1Oc1nc(-c2ccc(OC)cc2)ns1. The fraction of sp³-hybridized carbons (Fsp3) is 0.158. The van der Waals surface area contributed by atoms with Crippen LogP contribution in [-0.4, -0.2) is 42.0 Å². The van der Waals surface area contributed by atoms with Crippen molar-refractivity contribution in [3.05, 3.63) is 54.1 Å². The normalized spacial score (nSPS) is 11.1. The summed E-state index contributed by atoms with van der Waals surface area (Å²) < 4.78 is 27.6. The average molecular weight is 416 g/mol. The fourth-order valence-corrected chi connectivity index (χ4v) is 2.94. The second kappa shape index (κ2) is 9.60. The molecule has 0 aliphatic rings. The first kappa shape index (κ1) is 20.2. The minimum absolute atomic E-state index is 0.124. The monoisotopic (exact) mass is 416 g/mol. The van der Waals surface area contributed by atoms with Gasteiger partial charge in [-0.2, -0.15) is 9.36 Å². The molecule has 1 heterocycles. The highest BCUT2D eigenvalue weighted by Gasteiger charge is 2.20. The summed E-state index contributed by atoms with van der Waals surface area (Å²) in [5.74, 6) is 0.970. The maximum Gasteiger partial charge on any atom is 0.299 e. The number of methoxy groups -OCH3 is 1. The van der Waals surface area contributed by atoms with E-state index in [9.17, 15) is 9.18 Å².